The van der Waals surface area contributed by atoms with Crippen LogP contribution in [-0.2, 0) is 9.47 Å². The van der Waals surface area contributed by atoms with Crippen LogP contribution in [0.2, 0.25) is 0 Å². The fourth-order valence-electron chi connectivity index (χ4n) is 6.12. The number of nitrogens with zero attached hydrogens (tertiary/aromatic N) is 1. The molecule has 0 aromatic carbocycles. The van der Waals surface area contributed by atoms with E-state index < -0.39 is 5.79 Å². The van der Waals surface area contributed by atoms with Crippen molar-refractivity contribution < 1.29 is 9.47 Å². The van der Waals surface area contributed by atoms with Gasteiger partial charge in [-0.05, 0) is 66.9 Å². The fourth-order valence-corrected chi connectivity index (χ4v) is 6.12. The third-order valence-electron chi connectivity index (χ3n) is 7.47. The topological polar surface area (TPSA) is 47.1 Å². The second-order valence-corrected chi connectivity index (χ2v) is 8.76. The van der Waals surface area contributed by atoms with E-state index in [0.717, 1.165) is 49.9 Å². The van der Waals surface area contributed by atoms with Gasteiger partial charge in [0.2, 0.25) is 0 Å². The molecule has 1 aromatic heterocycles. The average molecular weight is 364 g/mol. The number of nitrogens with one attached hydrogen (secondary N) is 1. The lowest BCUT2D eigenvalue weighted by molar-refractivity contribution is -0.163. The number of ether oxygens (including phenoxy) is 2. The molecular formula is C23H28N2O2. The zero-order chi connectivity index (χ0) is 18.5. The van der Waals surface area contributed by atoms with Crippen LogP contribution in [0.3, 0.4) is 0 Å². The summed E-state index contributed by atoms with van der Waals surface area (Å²) in [6.45, 7) is 8.30. The van der Waals surface area contributed by atoms with Crippen molar-refractivity contribution in [2.24, 2.45) is 16.7 Å². The Bertz CT molecular complexity index is 837. The van der Waals surface area contributed by atoms with Crippen LogP contribution in [0.1, 0.15) is 57.7 Å². The molecule has 1 aliphatic heterocycles. The molecule has 2 heterocycles. The van der Waals surface area contributed by atoms with Crippen LogP contribution in [0.4, 0.5) is 0 Å². The SMILES string of the molecule is C=C1C2CC[C@@]3(C#Cc4ncc[nH]4)CCCC=C3[C@@]2(C)CCC12OCCO2. The normalized spacial score (nSPS) is 37.1. The molecule has 0 radical (unpaired) electrons. The van der Waals surface area contributed by atoms with Crippen LogP contribution in [0.15, 0.2) is 36.2 Å². The first-order chi connectivity index (χ1) is 13.1. The zero-order valence-electron chi connectivity index (χ0n) is 16.1. The lowest BCUT2D eigenvalue weighted by Gasteiger charge is -2.58. The third kappa shape index (κ3) is 2.48. The van der Waals surface area contributed by atoms with Crippen molar-refractivity contribution in [3.05, 3.63) is 42.0 Å². The molecule has 4 nitrogen and oxygen atoms in total. The summed E-state index contributed by atoms with van der Waals surface area (Å²) in [5.74, 6) is 7.64. The molecular weight excluding hydrogens is 336 g/mol. The van der Waals surface area contributed by atoms with Crippen molar-refractivity contribution in [1.29, 1.82) is 0 Å². The van der Waals surface area contributed by atoms with Crippen LogP contribution in [0.5, 0.6) is 0 Å². The molecule has 4 aliphatic rings. The van der Waals surface area contributed by atoms with Crippen molar-refractivity contribution in [3.63, 3.8) is 0 Å². The van der Waals surface area contributed by atoms with Crippen molar-refractivity contribution in [2.75, 3.05) is 13.2 Å². The highest BCUT2D eigenvalue weighted by molar-refractivity contribution is 5.43. The number of imidazole rings is 1. The molecule has 0 amide bonds. The quantitative estimate of drug-likeness (QED) is 0.549. The monoisotopic (exact) mass is 364 g/mol. The molecule has 1 N–H and O–H groups in total. The van der Waals surface area contributed by atoms with Crippen molar-refractivity contribution in [1.82, 2.24) is 9.97 Å². The Kier molecular flexibility index (Phi) is 3.90. The summed E-state index contributed by atoms with van der Waals surface area (Å²) in [6, 6.07) is 0. The van der Waals surface area contributed by atoms with Crippen molar-refractivity contribution in [3.8, 4) is 11.8 Å². The van der Waals surface area contributed by atoms with Crippen LogP contribution < -0.4 is 0 Å². The summed E-state index contributed by atoms with van der Waals surface area (Å²) in [5.41, 5.74) is 2.80. The lowest BCUT2D eigenvalue weighted by atomic mass is 9.47. The highest BCUT2D eigenvalue weighted by Crippen LogP contribution is 2.65. The number of hydrogen-bond acceptors (Lipinski definition) is 3. The maximum Gasteiger partial charge on any atom is 0.190 e. The number of rotatable bonds is 0. The van der Waals surface area contributed by atoms with Gasteiger partial charge in [-0.1, -0.05) is 25.5 Å². The Balaban J connectivity index is 1.53. The molecule has 27 heavy (non-hydrogen) atoms. The van der Waals surface area contributed by atoms with Gasteiger partial charge in [0.15, 0.2) is 11.6 Å². The molecule has 142 valence electrons. The average Bonchev–Trinajstić information content (AvgIpc) is 3.37. The van der Waals surface area contributed by atoms with Gasteiger partial charge in [0, 0.05) is 18.8 Å². The van der Waals surface area contributed by atoms with Crippen molar-refractivity contribution in [2.45, 2.75) is 57.7 Å². The minimum atomic E-state index is -0.529. The highest BCUT2D eigenvalue weighted by Gasteiger charge is 2.59. The second-order valence-electron chi connectivity index (χ2n) is 8.76. The molecule has 3 atom stereocenters. The lowest BCUT2D eigenvalue weighted by Crippen LogP contribution is -2.53. The van der Waals surface area contributed by atoms with E-state index in [2.05, 4.69) is 41.4 Å². The van der Waals surface area contributed by atoms with Gasteiger partial charge in [-0.25, -0.2) is 4.98 Å². The Morgan fingerprint density at radius 3 is 2.85 bits per heavy atom. The van der Waals surface area contributed by atoms with Gasteiger partial charge in [0.05, 0.1) is 18.6 Å². The molecule has 1 spiro atoms. The van der Waals surface area contributed by atoms with Gasteiger partial charge < -0.3 is 14.5 Å². The summed E-state index contributed by atoms with van der Waals surface area (Å²) >= 11 is 0. The predicted octanol–water partition coefficient (Wildman–Crippen LogP) is 4.37. The van der Waals surface area contributed by atoms with Crippen LogP contribution in [-0.4, -0.2) is 29.0 Å². The van der Waals surface area contributed by atoms with Crippen LogP contribution in [0.25, 0.3) is 0 Å². The molecule has 5 rings (SSSR count). The molecule has 1 aromatic rings. The Labute approximate surface area is 161 Å². The maximum absolute atomic E-state index is 6.06. The number of aromatic amines is 1. The second kappa shape index (κ2) is 6.09. The van der Waals surface area contributed by atoms with E-state index in [1.54, 1.807) is 11.8 Å². The molecule has 0 bridgehead atoms. The zero-order valence-corrected chi connectivity index (χ0v) is 16.1. The van der Waals surface area contributed by atoms with Crippen molar-refractivity contribution >= 4 is 0 Å². The summed E-state index contributed by atoms with van der Waals surface area (Å²) in [4.78, 5) is 7.42. The Hall–Kier alpha value is -1.83. The molecule has 1 saturated heterocycles. The first kappa shape index (κ1) is 17.3. The smallest absolute Gasteiger partial charge is 0.190 e. The standard InChI is InChI=1S/C23H28N2O2/c1-17-18-6-9-22(10-7-20-24-13-14-25-20)8-4-3-5-19(22)21(18,2)11-12-23(17)26-15-16-27-23/h5,13-14,18H,1,3-4,6,8-9,11-12,15-16H2,2H3,(H,24,25)/t18?,21-,22+/m0/s1. The number of hydrogen-bond donors (Lipinski definition) is 1. The van der Waals surface area contributed by atoms with E-state index >= 15 is 0 Å². The highest BCUT2D eigenvalue weighted by atomic mass is 16.7. The molecule has 3 aliphatic carbocycles. The third-order valence-corrected chi connectivity index (χ3v) is 7.47. The minimum Gasteiger partial charge on any atom is -0.344 e. The summed E-state index contributed by atoms with van der Waals surface area (Å²) < 4.78 is 12.1. The molecule has 2 saturated carbocycles. The maximum atomic E-state index is 6.06. The van der Waals surface area contributed by atoms with E-state index in [0.29, 0.717) is 19.1 Å². The summed E-state index contributed by atoms with van der Waals surface area (Å²) in [7, 11) is 0. The fraction of sp³-hybridized carbons (Fsp3) is 0.609. The number of fused-ring (bicyclic) bond motifs is 3. The Morgan fingerprint density at radius 2 is 2.07 bits per heavy atom. The van der Waals surface area contributed by atoms with Gasteiger partial charge in [0.25, 0.3) is 0 Å². The van der Waals surface area contributed by atoms with E-state index in [1.807, 2.05) is 6.20 Å². The number of allylic oxidation sites excluding steroid dienone is 2. The predicted molar refractivity (Wildman–Crippen MR) is 104 cm³/mol. The van der Waals surface area contributed by atoms with E-state index in [9.17, 15) is 0 Å². The summed E-state index contributed by atoms with van der Waals surface area (Å²) in [6.07, 6.45) is 13.8. The van der Waals surface area contributed by atoms with E-state index in [1.165, 1.54) is 6.42 Å². The summed E-state index contributed by atoms with van der Waals surface area (Å²) in [5, 5.41) is 0. The van der Waals surface area contributed by atoms with Crippen LogP contribution >= 0.6 is 0 Å². The molecule has 1 unspecified atom stereocenters. The first-order valence-electron chi connectivity index (χ1n) is 10.3. The molecule has 3 fully saturated rings. The number of H-pyrrole nitrogens is 1. The first-order valence-corrected chi connectivity index (χ1v) is 10.3. The van der Waals surface area contributed by atoms with Gasteiger partial charge in [-0.2, -0.15) is 0 Å². The van der Waals surface area contributed by atoms with E-state index in [4.69, 9.17) is 9.47 Å². The number of aromatic nitrogens is 2. The largest absolute Gasteiger partial charge is 0.344 e. The van der Waals surface area contributed by atoms with Gasteiger partial charge in [-0.3, -0.25) is 0 Å². The Morgan fingerprint density at radius 1 is 1.22 bits per heavy atom. The molecule has 4 heteroatoms. The van der Waals surface area contributed by atoms with Gasteiger partial charge in [0.1, 0.15) is 0 Å². The van der Waals surface area contributed by atoms with Gasteiger partial charge in [-0.15, -0.1) is 0 Å². The van der Waals surface area contributed by atoms with Crippen LogP contribution in [0, 0.1) is 28.6 Å². The minimum absolute atomic E-state index is 0.0154. The van der Waals surface area contributed by atoms with E-state index in [-0.39, 0.29) is 10.8 Å². The van der Waals surface area contributed by atoms with Gasteiger partial charge >= 0.3 is 0 Å².